The monoisotopic (exact) mass is 145 g/mol. The van der Waals surface area contributed by atoms with Crippen LogP contribution in [-0.2, 0) is 6.42 Å². The number of hydrogen-bond donors (Lipinski definition) is 1. The zero-order valence-corrected chi connectivity index (χ0v) is 6.38. The molecule has 1 aromatic rings. The van der Waals surface area contributed by atoms with Gasteiger partial charge in [0.05, 0.1) is 0 Å². The molecule has 2 rings (SSSR count). The Hall–Kier alpha value is -1.24. The Morgan fingerprint density at radius 2 is 2.45 bits per heavy atom. The van der Waals surface area contributed by atoms with Crippen LogP contribution in [0.3, 0.4) is 0 Å². The first-order valence-corrected chi connectivity index (χ1v) is 3.93. The maximum Gasteiger partial charge on any atom is 0.0191 e. The number of nitrogens with one attached hydrogen (secondary N) is 1. The maximum atomic E-state index is 3.19. The molecule has 0 bridgehead atoms. The molecule has 1 nitrogen and oxygen atoms in total. The van der Waals surface area contributed by atoms with E-state index in [0.29, 0.717) is 0 Å². The van der Waals surface area contributed by atoms with Crippen LogP contribution < -0.4 is 0 Å². The van der Waals surface area contributed by atoms with Crippen molar-refractivity contribution in [2.24, 2.45) is 0 Å². The van der Waals surface area contributed by atoms with Crippen LogP contribution in [0.5, 0.6) is 0 Å². The van der Waals surface area contributed by atoms with E-state index in [1.807, 2.05) is 12.3 Å². The average Bonchev–Trinajstić information content (AvgIpc) is 2.60. The highest BCUT2D eigenvalue weighted by molar-refractivity contribution is 5.30. The quantitative estimate of drug-likeness (QED) is 0.658. The molecule has 1 aliphatic rings. The van der Waals surface area contributed by atoms with Crippen molar-refractivity contribution in [2.45, 2.75) is 12.8 Å². The van der Waals surface area contributed by atoms with E-state index in [-0.39, 0.29) is 0 Å². The molecule has 56 valence electrons. The second-order valence-electron chi connectivity index (χ2n) is 2.79. The van der Waals surface area contributed by atoms with E-state index in [9.17, 15) is 0 Å². The largest absolute Gasteiger partial charge is 0.365 e. The van der Waals surface area contributed by atoms with E-state index in [0.717, 1.165) is 12.8 Å². The number of rotatable bonds is 2. The Labute approximate surface area is 66.4 Å². The van der Waals surface area contributed by atoms with Crippen LogP contribution in [0.25, 0.3) is 0 Å². The van der Waals surface area contributed by atoms with Gasteiger partial charge in [-0.15, -0.1) is 0 Å². The number of allylic oxidation sites excluding steroid dienone is 4. The molecule has 0 aromatic carbocycles. The van der Waals surface area contributed by atoms with E-state index in [4.69, 9.17) is 0 Å². The molecule has 0 aliphatic heterocycles. The van der Waals surface area contributed by atoms with Gasteiger partial charge in [0, 0.05) is 18.3 Å². The van der Waals surface area contributed by atoms with Crippen molar-refractivity contribution in [3.63, 3.8) is 0 Å². The summed E-state index contributed by atoms with van der Waals surface area (Å²) >= 11 is 0. The smallest absolute Gasteiger partial charge is 0.0191 e. The lowest BCUT2D eigenvalue weighted by molar-refractivity contribution is 1.11. The van der Waals surface area contributed by atoms with E-state index in [2.05, 4.69) is 29.3 Å². The molecule has 0 saturated carbocycles. The Balaban J connectivity index is 2.06. The molecule has 0 unspecified atom stereocenters. The molecular weight excluding hydrogens is 134 g/mol. The molecular formula is C10H11N. The molecule has 1 heterocycles. The predicted molar refractivity (Wildman–Crippen MR) is 46.3 cm³/mol. The summed E-state index contributed by atoms with van der Waals surface area (Å²) in [7, 11) is 0. The summed E-state index contributed by atoms with van der Waals surface area (Å²) in [6.07, 6.45) is 10.8. The van der Waals surface area contributed by atoms with Gasteiger partial charge in [-0.25, -0.2) is 0 Å². The van der Waals surface area contributed by atoms with Crippen LogP contribution in [0.2, 0.25) is 0 Å². The third-order valence-electron chi connectivity index (χ3n) is 1.90. The summed E-state index contributed by atoms with van der Waals surface area (Å²) in [6, 6.07) is 4.15. The van der Waals surface area contributed by atoms with Gasteiger partial charge in [-0.1, -0.05) is 18.2 Å². The van der Waals surface area contributed by atoms with Crippen LogP contribution in [0, 0.1) is 0 Å². The topological polar surface area (TPSA) is 15.8 Å². The summed E-state index contributed by atoms with van der Waals surface area (Å²) in [5.41, 5.74) is 2.72. The van der Waals surface area contributed by atoms with E-state index < -0.39 is 0 Å². The zero-order valence-electron chi connectivity index (χ0n) is 6.38. The molecule has 1 aliphatic carbocycles. The molecule has 11 heavy (non-hydrogen) atoms. The molecule has 0 saturated heterocycles. The first-order chi connectivity index (χ1) is 5.45. The number of H-pyrrole nitrogens is 1. The van der Waals surface area contributed by atoms with Crippen molar-refractivity contribution >= 4 is 0 Å². The average molecular weight is 145 g/mol. The molecule has 1 aromatic heterocycles. The summed E-state index contributed by atoms with van der Waals surface area (Å²) in [5, 5.41) is 0. The Morgan fingerprint density at radius 3 is 3.09 bits per heavy atom. The molecule has 0 atom stereocenters. The van der Waals surface area contributed by atoms with Crippen LogP contribution in [-0.4, -0.2) is 4.98 Å². The van der Waals surface area contributed by atoms with Crippen molar-refractivity contribution in [3.8, 4) is 0 Å². The van der Waals surface area contributed by atoms with Gasteiger partial charge in [-0.2, -0.15) is 0 Å². The van der Waals surface area contributed by atoms with E-state index >= 15 is 0 Å². The van der Waals surface area contributed by atoms with Gasteiger partial charge >= 0.3 is 0 Å². The molecule has 0 fully saturated rings. The van der Waals surface area contributed by atoms with Gasteiger partial charge in [-0.05, 0) is 24.1 Å². The molecule has 0 radical (unpaired) electrons. The standard InChI is InChI=1S/C10H11N/c1-2-5-9(4-1)8-10-6-3-7-11-10/h1,3-7,11H,2,8H2. The third kappa shape index (κ3) is 1.43. The molecule has 0 amide bonds. The summed E-state index contributed by atoms with van der Waals surface area (Å²) in [6.45, 7) is 0. The molecule has 0 spiro atoms. The van der Waals surface area contributed by atoms with Gasteiger partial charge in [0.2, 0.25) is 0 Å². The summed E-state index contributed by atoms with van der Waals surface area (Å²) in [4.78, 5) is 3.19. The zero-order chi connectivity index (χ0) is 7.52. The normalized spacial score (nSPS) is 15.5. The summed E-state index contributed by atoms with van der Waals surface area (Å²) < 4.78 is 0. The lowest BCUT2D eigenvalue weighted by atomic mass is 10.1. The van der Waals surface area contributed by atoms with Gasteiger partial charge in [0.15, 0.2) is 0 Å². The van der Waals surface area contributed by atoms with Gasteiger partial charge < -0.3 is 4.98 Å². The minimum atomic E-state index is 1.05. The van der Waals surface area contributed by atoms with Gasteiger partial charge in [0.1, 0.15) is 0 Å². The van der Waals surface area contributed by atoms with Crippen molar-refractivity contribution in [1.29, 1.82) is 0 Å². The number of aromatic nitrogens is 1. The Kier molecular flexibility index (Phi) is 1.64. The Morgan fingerprint density at radius 1 is 1.45 bits per heavy atom. The number of hydrogen-bond acceptors (Lipinski definition) is 0. The lowest BCUT2D eigenvalue weighted by Gasteiger charge is -1.94. The van der Waals surface area contributed by atoms with Crippen molar-refractivity contribution in [3.05, 3.63) is 47.8 Å². The van der Waals surface area contributed by atoms with Crippen LogP contribution in [0.1, 0.15) is 12.1 Å². The molecule has 1 heteroatoms. The molecule has 1 N–H and O–H groups in total. The minimum Gasteiger partial charge on any atom is -0.365 e. The highest BCUT2D eigenvalue weighted by Gasteiger charge is 1.98. The van der Waals surface area contributed by atoms with Gasteiger partial charge in [0.25, 0.3) is 0 Å². The second kappa shape index (κ2) is 2.79. The SMILES string of the molecule is C1=CC(Cc2ccc[nH]2)=CC1. The minimum absolute atomic E-state index is 1.05. The van der Waals surface area contributed by atoms with Crippen molar-refractivity contribution in [1.82, 2.24) is 4.98 Å². The lowest BCUT2D eigenvalue weighted by Crippen LogP contribution is -1.84. The predicted octanol–water partition coefficient (Wildman–Crippen LogP) is 2.44. The maximum absolute atomic E-state index is 3.19. The van der Waals surface area contributed by atoms with Crippen LogP contribution >= 0.6 is 0 Å². The highest BCUT2D eigenvalue weighted by atomic mass is 14.7. The summed E-state index contributed by atoms with van der Waals surface area (Å²) in [5.74, 6) is 0. The first-order valence-electron chi connectivity index (χ1n) is 3.93. The van der Waals surface area contributed by atoms with E-state index in [1.54, 1.807) is 0 Å². The van der Waals surface area contributed by atoms with Crippen molar-refractivity contribution < 1.29 is 0 Å². The number of aromatic amines is 1. The van der Waals surface area contributed by atoms with Crippen LogP contribution in [0.4, 0.5) is 0 Å². The van der Waals surface area contributed by atoms with Crippen LogP contribution in [0.15, 0.2) is 42.1 Å². The first kappa shape index (κ1) is 6.47. The third-order valence-corrected chi connectivity index (χ3v) is 1.90. The fraction of sp³-hybridized carbons (Fsp3) is 0.200. The highest BCUT2D eigenvalue weighted by Crippen LogP contribution is 2.13. The Bertz CT molecular complexity index is 278. The fourth-order valence-corrected chi connectivity index (χ4v) is 1.34. The van der Waals surface area contributed by atoms with E-state index in [1.165, 1.54) is 11.3 Å². The van der Waals surface area contributed by atoms with Gasteiger partial charge in [-0.3, -0.25) is 0 Å². The second-order valence-corrected chi connectivity index (χ2v) is 2.79. The van der Waals surface area contributed by atoms with Crippen molar-refractivity contribution in [2.75, 3.05) is 0 Å². The fourth-order valence-electron chi connectivity index (χ4n) is 1.34.